The third-order valence-electron chi connectivity index (χ3n) is 5.42. The van der Waals surface area contributed by atoms with E-state index in [1.807, 2.05) is 13.0 Å². The van der Waals surface area contributed by atoms with Gasteiger partial charge in [0, 0.05) is 25.4 Å². The maximum Gasteiger partial charge on any atom is 0.573 e. The molecular weight excluding hydrogens is 568 g/mol. The standard InChI is InChI=1S/C25H24F4N8O3S/c1-15-7-17(11-30-10-15)12-31-23(39)20-14-37(36-33-20)13-18(26)5-6-22-34-35-24(41-22)32-21(38)9-16-3-2-4-19(8-16)40-25(27,28)29/h2-4,7-8,10-11,14,18H,5-6,9,12-13H2,1H3,(H,31,39)(H,32,35,38). The minimum Gasteiger partial charge on any atom is -0.406 e. The maximum absolute atomic E-state index is 14.6. The average Bonchev–Trinajstić information content (AvgIpc) is 3.55. The Labute approximate surface area is 235 Å². The van der Waals surface area contributed by atoms with E-state index in [2.05, 4.69) is 40.9 Å². The lowest BCUT2D eigenvalue weighted by Crippen LogP contribution is -2.23. The molecule has 3 aromatic heterocycles. The monoisotopic (exact) mass is 592 g/mol. The zero-order valence-corrected chi connectivity index (χ0v) is 22.4. The molecule has 4 rings (SSSR count). The highest BCUT2D eigenvalue weighted by Crippen LogP contribution is 2.24. The molecule has 0 saturated heterocycles. The molecule has 216 valence electrons. The van der Waals surface area contributed by atoms with Gasteiger partial charge in [0.15, 0.2) is 5.69 Å². The highest BCUT2D eigenvalue weighted by Gasteiger charge is 2.31. The van der Waals surface area contributed by atoms with Crippen molar-refractivity contribution in [3.8, 4) is 5.75 Å². The Morgan fingerprint density at radius 3 is 2.73 bits per heavy atom. The largest absolute Gasteiger partial charge is 0.573 e. The van der Waals surface area contributed by atoms with Crippen molar-refractivity contribution < 1.29 is 31.9 Å². The molecular formula is C25H24F4N8O3S. The zero-order chi connectivity index (χ0) is 29.4. The van der Waals surface area contributed by atoms with E-state index < -0.39 is 30.1 Å². The number of nitrogens with zero attached hydrogens (tertiary/aromatic N) is 6. The van der Waals surface area contributed by atoms with E-state index in [9.17, 15) is 27.2 Å². The number of halogens is 4. The topological polar surface area (TPSA) is 137 Å². The van der Waals surface area contributed by atoms with Crippen molar-refractivity contribution in [2.75, 3.05) is 5.32 Å². The molecule has 2 amide bonds. The van der Waals surface area contributed by atoms with Gasteiger partial charge in [-0.05, 0) is 42.2 Å². The number of ether oxygens (including phenoxy) is 1. The molecule has 0 aliphatic carbocycles. The molecule has 11 nitrogen and oxygen atoms in total. The summed E-state index contributed by atoms with van der Waals surface area (Å²) in [6, 6.07) is 6.98. The number of pyridine rings is 1. The van der Waals surface area contributed by atoms with Crippen molar-refractivity contribution in [1.29, 1.82) is 0 Å². The van der Waals surface area contributed by atoms with Gasteiger partial charge < -0.3 is 15.4 Å². The first kappa shape index (κ1) is 29.5. The fraction of sp³-hybridized carbons (Fsp3) is 0.320. The molecule has 0 aliphatic heterocycles. The van der Waals surface area contributed by atoms with Gasteiger partial charge in [0.05, 0.1) is 19.2 Å². The van der Waals surface area contributed by atoms with Crippen molar-refractivity contribution in [2.45, 2.75) is 51.8 Å². The average molecular weight is 593 g/mol. The van der Waals surface area contributed by atoms with Crippen LogP contribution in [-0.4, -0.2) is 54.5 Å². The van der Waals surface area contributed by atoms with E-state index >= 15 is 0 Å². The van der Waals surface area contributed by atoms with E-state index in [-0.39, 0.29) is 43.2 Å². The van der Waals surface area contributed by atoms with Crippen LogP contribution in [0.25, 0.3) is 0 Å². The van der Waals surface area contributed by atoms with Crippen LogP contribution in [0, 0.1) is 6.92 Å². The summed E-state index contributed by atoms with van der Waals surface area (Å²) in [6.07, 6.45) is -1.34. The molecule has 0 radical (unpaired) electrons. The Hall–Kier alpha value is -4.47. The van der Waals surface area contributed by atoms with Crippen molar-refractivity contribution in [1.82, 2.24) is 35.5 Å². The summed E-state index contributed by atoms with van der Waals surface area (Å²) < 4.78 is 56.9. The van der Waals surface area contributed by atoms with E-state index in [4.69, 9.17) is 0 Å². The van der Waals surface area contributed by atoms with Gasteiger partial charge in [-0.2, -0.15) is 0 Å². The number of benzene rings is 1. The van der Waals surface area contributed by atoms with E-state index in [0.717, 1.165) is 34.6 Å². The van der Waals surface area contributed by atoms with Crippen LogP contribution in [0.5, 0.6) is 5.75 Å². The number of carbonyl (C=O) groups is 2. The Balaban J connectivity index is 1.20. The van der Waals surface area contributed by atoms with Crippen LogP contribution < -0.4 is 15.4 Å². The predicted molar refractivity (Wildman–Crippen MR) is 139 cm³/mol. The Morgan fingerprint density at radius 1 is 1.12 bits per heavy atom. The number of anilines is 1. The molecule has 1 aromatic carbocycles. The van der Waals surface area contributed by atoms with Crippen molar-refractivity contribution >= 4 is 28.3 Å². The second-order valence-corrected chi connectivity index (χ2v) is 10.00. The molecule has 41 heavy (non-hydrogen) atoms. The van der Waals surface area contributed by atoms with Crippen molar-refractivity contribution in [2.24, 2.45) is 0 Å². The Morgan fingerprint density at radius 2 is 1.95 bits per heavy atom. The zero-order valence-electron chi connectivity index (χ0n) is 21.6. The normalized spacial score (nSPS) is 12.1. The second-order valence-electron chi connectivity index (χ2n) is 8.94. The van der Waals surface area contributed by atoms with Gasteiger partial charge in [-0.1, -0.05) is 34.7 Å². The lowest BCUT2D eigenvalue weighted by atomic mass is 10.1. The molecule has 0 fully saturated rings. The number of carbonyl (C=O) groups excluding carboxylic acids is 2. The van der Waals surface area contributed by atoms with E-state index in [1.165, 1.54) is 23.0 Å². The predicted octanol–water partition coefficient (Wildman–Crippen LogP) is 3.81. The third kappa shape index (κ3) is 9.59. The van der Waals surface area contributed by atoms with Crippen LogP contribution in [0.2, 0.25) is 0 Å². The van der Waals surface area contributed by atoms with Gasteiger partial charge in [-0.15, -0.1) is 28.5 Å². The number of nitrogens with one attached hydrogen (secondary N) is 2. The minimum atomic E-state index is -4.84. The molecule has 0 aliphatic rings. The summed E-state index contributed by atoms with van der Waals surface area (Å²) in [4.78, 5) is 28.7. The molecule has 0 bridgehead atoms. The molecule has 4 aromatic rings. The van der Waals surface area contributed by atoms with Crippen LogP contribution in [0.1, 0.15) is 38.6 Å². The Kier molecular flexibility index (Phi) is 9.54. The number of hydrogen-bond acceptors (Lipinski definition) is 9. The van der Waals surface area contributed by atoms with Crippen LogP contribution in [0.15, 0.2) is 48.9 Å². The van der Waals surface area contributed by atoms with Gasteiger partial charge in [-0.3, -0.25) is 14.6 Å². The van der Waals surface area contributed by atoms with Crippen LogP contribution >= 0.6 is 11.3 Å². The fourth-order valence-electron chi connectivity index (χ4n) is 3.66. The second kappa shape index (κ2) is 13.3. The minimum absolute atomic E-state index is 0.0573. The molecule has 2 N–H and O–H groups in total. The Bertz CT molecular complexity index is 1490. The summed E-state index contributed by atoms with van der Waals surface area (Å²) in [5, 5.41) is 21.3. The van der Waals surface area contributed by atoms with Gasteiger partial charge in [0.2, 0.25) is 11.0 Å². The summed E-state index contributed by atoms with van der Waals surface area (Å²) in [7, 11) is 0. The van der Waals surface area contributed by atoms with Crippen LogP contribution in [0.4, 0.5) is 22.7 Å². The number of aromatic nitrogens is 6. The first-order valence-corrected chi connectivity index (χ1v) is 13.0. The first-order valence-electron chi connectivity index (χ1n) is 12.2. The molecule has 16 heteroatoms. The van der Waals surface area contributed by atoms with Gasteiger partial charge >= 0.3 is 6.36 Å². The molecule has 3 heterocycles. The lowest BCUT2D eigenvalue weighted by Gasteiger charge is -2.09. The lowest BCUT2D eigenvalue weighted by molar-refractivity contribution is -0.274. The quantitative estimate of drug-likeness (QED) is 0.237. The van der Waals surface area contributed by atoms with Gasteiger partial charge in [0.25, 0.3) is 5.91 Å². The third-order valence-corrected chi connectivity index (χ3v) is 6.32. The summed E-state index contributed by atoms with van der Waals surface area (Å²) in [5.41, 5.74) is 2.17. The number of hydrogen-bond donors (Lipinski definition) is 2. The highest BCUT2D eigenvalue weighted by atomic mass is 32.1. The SMILES string of the molecule is Cc1cncc(CNC(=O)c2cn(CC(F)CCc3nnc(NC(=O)Cc4cccc(OC(F)(F)F)c4)s3)nn2)c1. The van der Waals surface area contributed by atoms with Crippen molar-refractivity contribution in [3.63, 3.8) is 0 Å². The molecule has 0 saturated carbocycles. The number of rotatable bonds is 12. The first-order chi connectivity index (χ1) is 19.5. The summed E-state index contributed by atoms with van der Waals surface area (Å²) in [5.74, 6) is -1.39. The number of amides is 2. The van der Waals surface area contributed by atoms with Crippen LogP contribution in [0.3, 0.4) is 0 Å². The van der Waals surface area contributed by atoms with E-state index in [0.29, 0.717) is 10.6 Å². The molecule has 1 atom stereocenters. The highest BCUT2D eigenvalue weighted by molar-refractivity contribution is 7.15. The summed E-state index contributed by atoms with van der Waals surface area (Å²) in [6.45, 7) is 2.04. The molecule has 0 spiro atoms. The van der Waals surface area contributed by atoms with Gasteiger partial charge in [0.1, 0.15) is 16.9 Å². The smallest absolute Gasteiger partial charge is 0.406 e. The van der Waals surface area contributed by atoms with Crippen LogP contribution in [-0.2, 0) is 30.7 Å². The van der Waals surface area contributed by atoms with E-state index in [1.54, 1.807) is 12.4 Å². The fourth-order valence-corrected chi connectivity index (χ4v) is 4.43. The summed E-state index contributed by atoms with van der Waals surface area (Å²) >= 11 is 1.06. The van der Waals surface area contributed by atoms with Crippen molar-refractivity contribution in [3.05, 3.63) is 76.3 Å². The maximum atomic E-state index is 14.6. The number of alkyl halides is 4. The molecule has 1 unspecified atom stereocenters. The number of aryl methyl sites for hydroxylation is 2. The van der Waals surface area contributed by atoms with Gasteiger partial charge in [-0.25, -0.2) is 9.07 Å².